The lowest BCUT2D eigenvalue weighted by molar-refractivity contribution is 1.59. The van der Waals surface area contributed by atoms with Crippen molar-refractivity contribution in [1.82, 2.24) is 0 Å². The van der Waals surface area contributed by atoms with Crippen LogP contribution in [0.5, 0.6) is 0 Å². The Balaban J connectivity index is 1.10. The SMILES string of the molecule is c1ccc(-c2ccccc2-c2c3ccccc3c(-c3ccccc3-c3ccccc3)c3cc(-c4ccc5c(-c6ccccc6)c6c(c(-c7ccccc7)c5c4)-c4cccc5cccc-6c45)ccc23)cc1. The van der Waals surface area contributed by atoms with Gasteiger partial charge in [0.2, 0.25) is 0 Å². The number of rotatable bonds is 7. The Hall–Kier alpha value is -9.10. The van der Waals surface area contributed by atoms with E-state index in [1.807, 2.05) is 0 Å². The summed E-state index contributed by atoms with van der Waals surface area (Å²) in [6.07, 6.45) is 0. The van der Waals surface area contributed by atoms with Crippen LogP contribution >= 0.6 is 0 Å². The molecule has 0 spiro atoms. The summed E-state index contributed by atoms with van der Waals surface area (Å²) < 4.78 is 0. The van der Waals surface area contributed by atoms with Crippen molar-refractivity contribution in [3.05, 3.63) is 267 Å². The molecule has 1 aliphatic rings. The molecule has 0 fully saturated rings. The Kier molecular flexibility index (Phi) is 9.32. The van der Waals surface area contributed by atoms with Crippen LogP contribution in [0.4, 0.5) is 0 Å². The zero-order valence-electron chi connectivity index (χ0n) is 38.4. The van der Waals surface area contributed by atoms with Crippen LogP contribution in [0, 0.1) is 0 Å². The molecule has 324 valence electrons. The quantitative estimate of drug-likeness (QED) is 0.140. The molecule has 14 rings (SSSR count). The average molecular weight is 885 g/mol. The van der Waals surface area contributed by atoms with E-state index in [1.54, 1.807) is 0 Å². The van der Waals surface area contributed by atoms with Gasteiger partial charge in [0.05, 0.1) is 0 Å². The molecule has 0 bridgehead atoms. The van der Waals surface area contributed by atoms with Gasteiger partial charge in [0.1, 0.15) is 0 Å². The smallest absolute Gasteiger partial charge is 0.000741 e. The highest BCUT2D eigenvalue weighted by Crippen LogP contribution is 2.58. The topological polar surface area (TPSA) is 0 Å². The van der Waals surface area contributed by atoms with Crippen LogP contribution in [-0.4, -0.2) is 0 Å². The first-order valence-corrected chi connectivity index (χ1v) is 24.3. The maximum absolute atomic E-state index is 2.49. The maximum Gasteiger partial charge on any atom is -0.000741 e. The van der Waals surface area contributed by atoms with Crippen LogP contribution in [-0.2, 0) is 0 Å². The summed E-state index contributed by atoms with van der Waals surface area (Å²) in [4.78, 5) is 0. The van der Waals surface area contributed by atoms with Crippen molar-refractivity contribution in [3.63, 3.8) is 0 Å². The Morgan fingerprint density at radius 2 is 0.486 bits per heavy atom. The van der Waals surface area contributed by atoms with Gasteiger partial charge in [-0.3, -0.25) is 0 Å². The highest BCUT2D eigenvalue weighted by Gasteiger charge is 2.31. The fourth-order valence-corrected chi connectivity index (χ4v) is 11.9. The summed E-state index contributed by atoms with van der Waals surface area (Å²) in [5.41, 5.74) is 22.4. The molecule has 0 heteroatoms. The van der Waals surface area contributed by atoms with Crippen molar-refractivity contribution < 1.29 is 0 Å². The van der Waals surface area contributed by atoms with E-state index in [9.17, 15) is 0 Å². The van der Waals surface area contributed by atoms with Gasteiger partial charge in [-0.15, -0.1) is 0 Å². The molecular formula is C70H44. The molecule has 0 radical (unpaired) electrons. The van der Waals surface area contributed by atoms with Gasteiger partial charge in [0, 0.05) is 0 Å². The van der Waals surface area contributed by atoms with Crippen molar-refractivity contribution in [2.24, 2.45) is 0 Å². The van der Waals surface area contributed by atoms with E-state index in [0.717, 1.165) is 0 Å². The van der Waals surface area contributed by atoms with Gasteiger partial charge in [0.25, 0.3) is 0 Å². The van der Waals surface area contributed by atoms with Crippen LogP contribution in [0.1, 0.15) is 0 Å². The number of hydrogen-bond acceptors (Lipinski definition) is 0. The lowest BCUT2D eigenvalue weighted by Gasteiger charge is -2.22. The molecule has 13 aromatic rings. The van der Waals surface area contributed by atoms with E-state index in [1.165, 1.54) is 143 Å². The van der Waals surface area contributed by atoms with Crippen LogP contribution in [0.2, 0.25) is 0 Å². The van der Waals surface area contributed by atoms with E-state index < -0.39 is 0 Å². The molecular weight excluding hydrogens is 841 g/mol. The third-order valence-corrected chi connectivity index (χ3v) is 14.8. The standard InChI is InChI=1S/C70H44/c1-5-21-45(22-6-1)52-31-13-15-33-54(52)67-56-35-17-18-36-57(56)68(55-34-16-14-32-53(55)46-23-7-2-8-24-46)63-44-51(40-42-59(63)67)50-39-41-58-62(43-50)66(49-27-11-4-12-28-49)70-61-38-20-30-47-29-19-37-60(64(47)61)69(70)65(58)48-25-9-3-10-26-48/h1-44H. The number of benzene rings is 13. The second-order valence-electron chi connectivity index (χ2n) is 18.6. The molecule has 0 amide bonds. The minimum Gasteiger partial charge on any atom is -0.0622 e. The second-order valence-corrected chi connectivity index (χ2v) is 18.6. The van der Waals surface area contributed by atoms with Crippen molar-refractivity contribution >= 4 is 43.1 Å². The van der Waals surface area contributed by atoms with Gasteiger partial charge in [-0.1, -0.05) is 255 Å². The third-order valence-electron chi connectivity index (χ3n) is 14.8. The van der Waals surface area contributed by atoms with Crippen molar-refractivity contribution in [1.29, 1.82) is 0 Å². The van der Waals surface area contributed by atoms with Crippen molar-refractivity contribution in [3.8, 4) is 100 Å². The molecule has 0 saturated heterocycles. The third kappa shape index (κ3) is 6.24. The molecule has 0 aliphatic heterocycles. The summed E-state index contributed by atoms with van der Waals surface area (Å²) in [7, 11) is 0. The van der Waals surface area contributed by atoms with Gasteiger partial charge < -0.3 is 0 Å². The van der Waals surface area contributed by atoms with Crippen LogP contribution < -0.4 is 0 Å². The molecule has 0 N–H and O–H groups in total. The van der Waals surface area contributed by atoms with E-state index in [4.69, 9.17) is 0 Å². The van der Waals surface area contributed by atoms with E-state index in [0.29, 0.717) is 0 Å². The highest BCUT2D eigenvalue weighted by atomic mass is 14.3. The predicted octanol–water partition coefficient (Wildman–Crippen LogP) is 19.6. The number of fused-ring (bicyclic) bond motifs is 6. The predicted molar refractivity (Wildman–Crippen MR) is 299 cm³/mol. The van der Waals surface area contributed by atoms with Crippen molar-refractivity contribution in [2.75, 3.05) is 0 Å². The van der Waals surface area contributed by atoms with Crippen LogP contribution in [0.3, 0.4) is 0 Å². The summed E-state index contributed by atoms with van der Waals surface area (Å²) in [6.45, 7) is 0. The van der Waals surface area contributed by atoms with Gasteiger partial charge in [-0.2, -0.15) is 0 Å². The second kappa shape index (κ2) is 16.3. The largest absolute Gasteiger partial charge is 0.0622 e. The molecule has 13 aromatic carbocycles. The Labute approximate surface area is 408 Å². The highest BCUT2D eigenvalue weighted by molar-refractivity contribution is 6.28. The summed E-state index contributed by atoms with van der Waals surface area (Å²) in [6, 6.07) is 98.9. The van der Waals surface area contributed by atoms with Gasteiger partial charge in [-0.25, -0.2) is 0 Å². The minimum absolute atomic E-state index is 1.18. The molecule has 0 nitrogen and oxygen atoms in total. The number of hydrogen-bond donors (Lipinski definition) is 0. The summed E-state index contributed by atoms with van der Waals surface area (Å²) >= 11 is 0. The fourth-order valence-electron chi connectivity index (χ4n) is 11.9. The van der Waals surface area contributed by atoms with E-state index >= 15 is 0 Å². The van der Waals surface area contributed by atoms with E-state index in [2.05, 4.69) is 267 Å². The lowest BCUT2D eigenvalue weighted by Crippen LogP contribution is -1.95. The van der Waals surface area contributed by atoms with Crippen LogP contribution in [0.25, 0.3) is 143 Å². The lowest BCUT2D eigenvalue weighted by atomic mass is 9.80. The van der Waals surface area contributed by atoms with Crippen LogP contribution in [0.15, 0.2) is 267 Å². The Bertz CT molecular complexity index is 4180. The van der Waals surface area contributed by atoms with Crippen molar-refractivity contribution in [2.45, 2.75) is 0 Å². The Morgan fingerprint density at radius 3 is 0.957 bits per heavy atom. The fraction of sp³-hybridized carbons (Fsp3) is 0. The first-order valence-electron chi connectivity index (χ1n) is 24.3. The molecule has 0 atom stereocenters. The summed E-state index contributed by atoms with van der Waals surface area (Å²) in [5, 5.41) is 10.0. The van der Waals surface area contributed by atoms with Gasteiger partial charge in [0.15, 0.2) is 0 Å². The first-order chi connectivity index (χ1) is 34.8. The normalized spacial score (nSPS) is 11.7. The monoisotopic (exact) mass is 884 g/mol. The minimum atomic E-state index is 1.18. The zero-order chi connectivity index (χ0) is 46.1. The molecule has 0 heterocycles. The van der Waals surface area contributed by atoms with E-state index in [-0.39, 0.29) is 0 Å². The molecule has 0 aromatic heterocycles. The molecule has 0 saturated carbocycles. The average Bonchev–Trinajstić information content (AvgIpc) is 3.77. The Morgan fingerprint density at radius 1 is 0.157 bits per heavy atom. The maximum atomic E-state index is 2.49. The molecule has 70 heavy (non-hydrogen) atoms. The zero-order valence-corrected chi connectivity index (χ0v) is 38.4. The van der Waals surface area contributed by atoms with Gasteiger partial charge >= 0.3 is 0 Å². The summed E-state index contributed by atoms with van der Waals surface area (Å²) in [5.74, 6) is 0. The molecule has 1 aliphatic carbocycles. The first kappa shape index (κ1) is 40.0. The van der Waals surface area contributed by atoms with Gasteiger partial charge in [-0.05, 0) is 155 Å². The molecule has 0 unspecified atom stereocenters.